The average Bonchev–Trinajstić information content (AvgIpc) is 2.87. The van der Waals surface area contributed by atoms with Gasteiger partial charge in [0.05, 0.1) is 12.2 Å². The molecule has 0 N–H and O–H groups in total. The first-order valence-corrected chi connectivity index (χ1v) is 5.88. The van der Waals surface area contributed by atoms with Gasteiger partial charge in [0.2, 0.25) is 0 Å². The van der Waals surface area contributed by atoms with E-state index in [9.17, 15) is 0 Å². The van der Waals surface area contributed by atoms with Crippen molar-refractivity contribution in [2.45, 2.75) is 6.92 Å². The maximum Gasteiger partial charge on any atom is 0.319 e. The van der Waals surface area contributed by atoms with Crippen molar-refractivity contribution in [1.82, 2.24) is 5.16 Å². The van der Waals surface area contributed by atoms with Crippen molar-refractivity contribution in [2.24, 2.45) is 0 Å². The van der Waals surface area contributed by atoms with Crippen molar-refractivity contribution in [2.75, 3.05) is 6.61 Å². The van der Waals surface area contributed by atoms with Crippen LogP contribution in [0, 0.1) is 6.20 Å². The number of hydrogen-bond acceptors (Lipinski definition) is 3. The van der Waals surface area contributed by atoms with E-state index in [1.165, 1.54) is 5.39 Å². The number of nitrogens with zero attached hydrogens (tertiary/aromatic N) is 1. The first-order chi connectivity index (χ1) is 8.90. The molecule has 0 amide bonds. The Morgan fingerprint density at radius 3 is 2.89 bits per heavy atom. The molecule has 89 valence electrons. The van der Waals surface area contributed by atoms with Gasteiger partial charge in [0.1, 0.15) is 6.20 Å². The Balaban J connectivity index is 2.22. The zero-order chi connectivity index (χ0) is 12.4. The predicted molar refractivity (Wildman–Crippen MR) is 69.5 cm³/mol. The normalized spacial score (nSPS) is 10.7. The Kier molecular flexibility index (Phi) is 2.73. The number of ether oxygens (including phenoxy) is 1. The van der Waals surface area contributed by atoms with Gasteiger partial charge in [-0.05, 0) is 23.3 Å². The molecule has 2 aromatic carbocycles. The van der Waals surface area contributed by atoms with Crippen LogP contribution in [-0.4, -0.2) is 11.8 Å². The molecular weight excluding hydrogens is 226 g/mol. The minimum atomic E-state index is 0.425. The highest BCUT2D eigenvalue weighted by molar-refractivity contribution is 5.97. The van der Waals surface area contributed by atoms with Gasteiger partial charge in [-0.15, -0.1) is 0 Å². The van der Waals surface area contributed by atoms with E-state index < -0.39 is 0 Å². The summed E-state index contributed by atoms with van der Waals surface area (Å²) in [6.07, 6.45) is 2.86. The third-order valence-electron chi connectivity index (χ3n) is 2.82. The monoisotopic (exact) mass is 238 g/mol. The smallest absolute Gasteiger partial charge is 0.319 e. The molecular formula is C15H12NO2. The van der Waals surface area contributed by atoms with E-state index in [1.807, 2.05) is 31.2 Å². The van der Waals surface area contributed by atoms with Crippen LogP contribution in [-0.2, 0) is 0 Å². The SMILES string of the molecule is CCOc1on[c]c1-c1cccc2ccccc12. The van der Waals surface area contributed by atoms with E-state index in [0.717, 1.165) is 16.5 Å². The minimum Gasteiger partial charge on any atom is -0.464 e. The fraction of sp³-hybridized carbons (Fsp3) is 0.133. The topological polar surface area (TPSA) is 35.3 Å². The molecule has 1 heterocycles. The van der Waals surface area contributed by atoms with E-state index in [0.29, 0.717) is 12.6 Å². The highest BCUT2D eigenvalue weighted by Gasteiger charge is 2.14. The maximum atomic E-state index is 5.42. The quantitative estimate of drug-likeness (QED) is 0.698. The van der Waals surface area contributed by atoms with Crippen molar-refractivity contribution < 1.29 is 9.26 Å². The third kappa shape index (κ3) is 1.74. The van der Waals surface area contributed by atoms with Crippen LogP contribution in [0.1, 0.15) is 6.92 Å². The molecule has 0 bridgehead atoms. The minimum absolute atomic E-state index is 0.425. The fourth-order valence-corrected chi connectivity index (χ4v) is 2.04. The summed E-state index contributed by atoms with van der Waals surface area (Å²) in [5.74, 6) is 0.425. The van der Waals surface area contributed by atoms with Crippen molar-refractivity contribution >= 4 is 10.8 Å². The van der Waals surface area contributed by atoms with Crippen molar-refractivity contribution in [1.29, 1.82) is 0 Å². The van der Waals surface area contributed by atoms with Crippen molar-refractivity contribution in [3.63, 3.8) is 0 Å². The molecule has 0 unspecified atom stereocenters. The van der Waals surface area contributed by atoms with Crippen LogP contribution >= 0.6 is 0 Å². The number of hydrogen-bond donors (Lipinski definition) is 0. The summed E-state index contributed by atoms with van der Waals surface area (Å²) in [7, 11) is 0. The van der Waals surface area contributed by atoms with E-state index in [2.05, 4.69) is 29.6 Å². The fourth-order valence-electron chi connectivity index (χ4n) is 2.04. The van der Waals surface area contributed by atoms with E-state index in [-0.39, 0.29) is 0 Å². The van der Waals surface area contributed by atoms with E-state index in [1.54, 1.807) is 0 Å². The second-order valence-electron chi connectivity index (χ2n) is 3.92. The lowest BCUT2D eigenvalue weighted by atomic mass is 10.0. The molecule has 3 aromatic rings. The van der Waals surface area contributed by atoms with Crippen LogP contribution in [0.15, 0.2) is 47.0 Å². The lowest BCUT2D eigenvalue weighted by Crippen LogP contribution is -1.91. The van der Waals surface area contributed by atoms with Gasteiger partial charge in [0.15, 0.2) is 0 Å². The number of rotatable bonds is 3. The van der Waals surface area contributed by atoms with Crippen LogP contribution in [0.3, 0.4) is 0 Å². The first-order valence-electron chi connectivity index (χ1n) is 5.88. The Bertz CT molecular complexity index is 668. The first kappa shape index (κ1) is 10.8. The predicted octanol–water partition coefficient (Wildman–Crippen LogP) is 3.69. The number of fused-ring (bicyclic) bond motifs is 1. The third-order valence-corrected chi connectivity index (χ3v) is 2.82. The van der Waals surface area contributed by atoms with Gasteiger partial charge in [0, 0.05) is 0 Å². The summed E-state index contributed by atoms with van der Waals surface area (Å²) in [6, 6.07) is 14.3. The molecule has 0 aliphatic carbocycles. The molecule has 0 saturated carbocycles. The van der Waals surface area contributed by atoms with E-state index in [4.69, 9.17) is 9.26 Å². The van der Waals surface area contributed by atoms with Crippen LogP contribution in [0.4, 0.5) is 0 Å². The average molecular weight is 238 g/mol. The van der Waals surface area contributed by atoms with Gasteiger partial charge in [-0.25, -0.2) is 0 Å². The van der Waals surface area contributed by atoms with Crippen LogP contribution < -0.4 is 4.74 Å². The summed E-state index contributed by atoms with van der Waals surface area (Å²) in [5.41, 5.74) is 1.80. The summed E-state index contributed by atoms with van der Waals surface area (Å²) in [5, 5.41) is 6.01. The lowest BCUT2D eigenvalue weighted by molar-refractivity contribution is 0.226. The molecule has 0 spiro atoms. The van der Waals surface area contributed by atoms with Gasteiger partial charge in [-0.2, -0.15) is 0 Å². The molecule has 3 rings (SSSR count). The highest BCUT2D eigenvalue weighted by Crippen LogP contribution is 2.34. The molecule has 0 saturated heterocycles. The molecule has 18 heavy (non-hydrogen) atoms. The van der Waals surface area contributed by atoms with Crippen LogP contribution in [0.25, 0.3) is 21.9 Å². The molecule has 3 nitrogen and oxygen atoms in total. The Labute approximate surface area is 105 Å². The summed E-state index contributed by atoms with van der Waals surface area (Å²) in [4.78, 5) is 0. The van der Waals surface area contributed by atoms with Crippen molar-refractivity contribution in [3.05, 3.63) is 48.7 Å². The van der Waals surface area contributed by atoms with Gasteiger partial charge >= 0.3 is 5.95 Å². The zero-order valence-electron chi connectivity index (χ0n) is 10.0. The highest BCUT2D eigenvalue weighted by atomic mass is 16.6. The molecule has 0 fully saturated rings. The largest absolute Gasteiger partial charge is 0.464 e. The van der Waals surface area contributed by atoms with E-state index >= 15 is 0 Å². The molecule has 0 aliphatic rings. The second kappa shape index (κ2) is 4.53. The second-order valence-corrected chi connectivity index (χ2v) is 3.92. The van der Waals surface area contributed by atoms with Crippen LogP contribution in [0.5, 0.6) is 5.95 Å². The number of aromatic nitrogens is 1. The van der Waals surface area contributed by atoms with Crippen LogP contribution in [0.2, 0.25) is 0 Å². The molecule has 0 atom stereocenters. The van der Waals surface area contributed by atoms with Gasteiger partial charge in [-0.1, -0.05) is 47.6 Å². The Morgan fingerprint density at radius 1 is 1.17 bits per heavy atom. The summed E-state index contributed by atoms with van der Waals surface area (Å²) >= 11 is 0. The van der Waals surface area contributed by atoms with Gasteiger partial charge in [-0.3, -0.25) is 0 Å². The lowest BCUT2D eigenvalue weighted by Gasteiger charge is -2.05. The number of benzene rings is 2. The summed E-state index contributed by atoms with van der Waals surface area (Å²) in [6.45, 7) is 2.45. The Hall–Kier alpha value is -2.29. The van der Waals surface area contributed by atoms with Gasteiger partial charge < -0.3 is 9.26 Å². The summed E-state index contributed by atoms with van der Waals surface area (Å²) < 4.78 is 10.5. The van der Waals surface area contributed by atoms with Crippen molar-refractivity contribution in [3.8, 4) is 17.1 Å². The zero-order valence-corrected chi connectivity index (χ0v) is 10.0. The van der Waals surface area contributed by atoms with Gasteiger partial charge in [0.25, 0.3) is 0 Å². The molecule has 1 radical (unpaired) electrons. The molecule has 1 aromatic heterocycles. The maximum absolute atomic E-state index is 5.42. The molecule has 3 heteroatoms. The molecule has 0 aliphatic heterocycles. The standard InChI is InChI=1S/C15H12NO2/c1-2-17-15-14(10-16-18-15)13-9-5-7-11-6-3-4-8-12(11)13/h3-9H,2H2,1H3. The Morgan fingerprint density at radius 2 is 2.00 bits per heavy atom.